The van der Waals surface area contributed by atoms with E-state index in [4.69, 9.17) is 0 Å². The van der Waals surface area contributed by atoms with Crippen LogP contribution >= 0.6 is 0 Å². The first kappa shape index (κ1) is 15.3. The zero-order valence-corrected chi connectivity index (χ0v) is 11.8. The lowest BCUT2D eigenvalue weighted by atomic mass is 9.92. The van der Waals surface area contributed by atoms with E-state index in [1.807, 2.05) is 0 Å². The maximum absolute atomic E-state index is 13.9. The van der Waals surface area contributed by atoms with Crippen LogP contribution < -0.4 is 5.32 Å². The maximum Gasteiger partial charge on any atom is 0.194 e. The molecule has 1 aliphatic heterocycles. The summed E-state index contributed by atoms with van der Waals surface area (Å²) in [5.74, 6) is -4.38. The Labute approximate surface area is 116 Å². The largest absolute Gasteiger partial charge is 0.310 e. The van der Waals surface area contributed by atoms with Crippen LogP contribution in [0, 0.1) is 23.4 Å². The molecule has 2 atom stereocenters. The maximum atomic E-state index is 13.9. The summed E-state index contributed by atoms with van der Waals surface area (Å²) in [4.78, 5) is 0. The Kier molecular flexibility index (Phi) is 4.39. The molecule has 0 aliphatic carbocycles. The number of nitrogens with one attached hydrogen (secondary N) is 1. The lowest BCUT2D eigenvalue weighted by Gasteiger charge is -2.24. The summed E-state index contributed by atoms with van der Waals surface area (Å²) in [6.07, 6.45) is 0.387. The quantitative estimate of drug-likeness (QED) is 0.867. The van der Waals surface area contributed by atoms with Gasteiger partial charge in [-0.15, -0.1) is 0 Å². The smallest absolute Gasteiger partial charge is 0.194 e. The molecule has 0 bridgehead atoms. The van der Waals surface area contributed by atoms with Crippen LogP contribution in [0.25, 0.3) is 0 Å². The highest BCUT2D eigenvalue weighted by molar-refractivity contribution is 7.91. The van der Waals surface area contributed by atoms with Gasteiger partial charge in [-0.1, -0.05) is 13.0 Å². The molecule has 2 rings (SSSR count). The Morgan fingerprint density at radius 2 is 2.00 bits per heavy atom. The number of sulfone groups is 1. The molecule has 1 heterocycles. The first-order valence-corrected chi connectivity index (χ1v) is 8.25. The predicted molar refractivity (Wildman–Crippen MR) is 69.5 cm³/mol. The van der Waals surface area contributed by atoms with Gasteiger partial charge in [0.1, 0.15) is 0 Å². The number of benzene rings is 1. The fraction of sp³-hybridized carbons (Fsp3) is 0.538. The molecular weight excluding hydrogens is 291 g/mol. The monoisotopic (exact) mass is 307 g/mol. The minimum absolute atomic E-state index is 0.0205. The minimum atomic E-state index is -3.13. The van der Waals surface area contributed by atoms with Crippen LogP contribution in [0.3, 0.4) is 0 Å². The van der Waals surface area contributed by atoms with Crippen molar-refractivity contribution in [3.8, 4) is 0 Å². The van der Waals surface area contributed by atoms with Gasteiger partial charge < -0.3 is 5.32 Å². The number of hydrogen-bond donors (Lipinski definition) is 1. The molecule has 20 heavy (non-hydrogen) atoms. The van der Waals surface area contributed by atoms with Crippen LogP contribution in [0.15, 0.2) is 12.1 Å². The Balaban J connectivity index is 2.37. The first-order chi connectivity index (χ1) is 9.35. The van der Waals surface area contributed by atoms with E-state index in [1.54, 1.807) is 6.92 Å². The molecule has 1 fully saturated rings. The molecule has 1 saturated heterocycles. The third-order valence-electron chi connectivity index (χ3n) is 3.56. The first-order valence-electron chi connectivity index (χ1n) is 6.43. The van der Waals surface area contributed by atoms with E-state index in [9.17, 15) is 21.6 Å². The molecule has 2 unspecified atom stereocenters. The summed E-state index contributed by atoms with van der Waals surface area (Å²) in [7, 11) is -3.13. The van der Waals surface area contributed by atoms with Gasteiger partial charge in [0.25, 0.3) is 0 Å². The number of rotatable bonds is 4. The van der Waals surface area contributed by atoms with Crippen LogP contribution in [0.4, 0.5) is 13.2 Å². The second-order valence-corrected chi connectivity index (χ2v) is 7.19. The fourth-order valence-electron chi connectivity index (χ4n) is 2.62. The van der Waals surface area contributed by atoms with Gasteiger partial charge in [-0.25, -0.2) is 21.6 Å². The second-order valence-electron chi connectivity index (χ2n) is 4.96. The van der Waals surface area contributed by atoms with Crippen LogP contribution in [0.5, 0.6) is 0 Å². The lowest BCUT2D eigenvalue weighted by Crippen LogP contribution is -2.30. The van der Waals surface area contributed by atoms with Gasteiger partial charge in [0, 0.05) is 11.6 Å². The summed E-state index contributed by atoms with van der Waals surface area (Å²) in [6.45, 7) is 2.26. The van der Waals surface area contributed by atoms with E-state index < -0.39 is 33.3 Å². The summed E-state index contributed by atoms with van der Waals surface area (Å²) >= 11 is 0. The minimum Gasteiger partial charge on any atom is -0.310 e. The fourth-order valence-corrected chi connectivity index (χ4v) is 4.46. The molecule has 0 saturated carbocycles. The van der Waals surface area contributed by atoms with Crippen molar-refractivity contribution in [3.05, 3.63) is 35.1 Å². The third-order valence-corrected chi connectivity index (χ3v) is 5.36. The van der Waals surface area contributed by atoms with E-state index >= 15 is 0 Å². The van der Waals surface area contributed by atoms with E-state index in [0.29, 0.717) is 13.0 Å². The molecule has 0 aromatic heterocycles. The molecule has 112 valence electrons. The van der Waals surface area contributed by atoms with Gasteiger partial charge in [-0.2, -0.15) is 0 Å². The van der Waals surface area contributed by atoms with Crippen molar-refractivity contribution in [2.24, 2.45) is 5.92 Å². The summed E-state index contributed by atoms with van der Waals surface area (Å²) in [5, 5.41) is 2.97. The van der Waals surface area contributed by atoms with Gasteiger partial charge in [0.15, 0.2) is 27.3 Å². The summed E-state index contributed by atoms with van der Waals surface area (Å²) < 4.78 is 63.3. The molecule has 1 aliphatic rings. The normalized spacial score (nSPS) is 22.9. The van der Waals surface area contributed by atoms with Crippen molar-refractivity contribution in [1.82, 2.24) is 5.32 Å². The molecule has 0 amide bonds. The van der Waals surface area contributed by atoms with Crippen LogP contribution in [0.1, 0.15) is 24.9 Å². The number of hydrogen-bond acceptors (Lipinski definition) is 3. The Bertz CT molecular complexity index is 604. The third kappa shape index (κ3) is 2.98. The van der Waals surface area contributed by atoms with Gasteiger partial charge in [0.05, 0.1) is 11.5 Å². The standard InChI is InChI=1S/C13H16F3NO2S/c1-2-17-13(8-5-6-20(18,19)7-8)9-3-4-10(14)12(16)11(9)15/h3-4,8,13,17H,2,5-7H2,1H3. The Hall–Kier alpha value is -1.08. The van der Waals surface area contributed by atoms with E-state index in [0.717, 1.165) is 6.07 Å². The topological polar surface area (TPSA) is 46.2 Å². The van der Waals surface area contributed by atoms with Gasteiger partial charge >= 0.3 is 0 Å². The van der Waals surface area contributed by atoms with Crippen molar-refractivity contribution < 1.29 is 21.6 Å². The molecule has 1 aromatic rings. The van der Waals surface area contributed by atoms with E-state index in [-0.39, 0.29) is 23.0 Å². The SMILES string of the molecule is CCNC(c1ccc(F)c(F)c1F)C1CCS(=O)(=O)C1. The molecule has 1 aromatic carbocycles. The van der Waals surface area contributed by atoms with Crippen molar-refractivity contribution >= 4 is 9.84 Å². The zero-order valence-electron chi connectivity index (χ0n) is 11.0. The van der Waals surface area contributed by atoms with Crippen molar-refractivity contribution in [1.29, 1.82) is 0 Å². The average Bonchev–Trinajstić information content (AvgIpc) is 2.74. The van der Waals surface area contributed by atoms with Crippen molar-refractivity contribution in [2.75, 3.05) is 18.1 Å². The highest BCUT2D eigenvalue weighted by atomic mass is 32.2. The Morgan fingerprint density at radius 3 is 2.55 bits per heavy atom. The average molecular weight is 307 g/mol. The van der Waals surface area contributed by atoms with Crippen LogP contribution in [0.2, 0.25) is 0 Å². The van der Waals surface area contributed by atoms with E-state index in [1.165, 1.54) is 6.07 Å². The molecule has 0 radical (unpaired) electrons. The zero-order chi connectivity index (χ0) is 14.9. The van der Waals surface area contributed by atoms with Crippen molar-refractivity contribution in [2.45, 2.75) is 19.4 Å². The highest BCUT2D eigenvalue weighted by Gasteiger charge is 2.35. The molecule has 1 N–H and O–H groups in total. The van der Waals surface area contributed by atoms with E-state index in [2.05, 4.69) is 5.32 Å². The second kappa shape index (κ2) is 5.73. The van der Waals surface area contributed by atoms with Gasteiger partial charge in [0.2, 0.25) is 0 Å². The Morgan fingerprint density at radius 1 is 1.30 bits per heavy atom. The summed E-state index contributed by atoms with van der Waals surface area (Å²) in [6, 6.07) is 1.40. The van der Waals surface area contributed by atoms with Gasteiger partial charge in [-0.3, -0.25) is 0 Å². The van der Waals surface area contributed by atoms with Gasteiger partial charge in [-0.05, 0) is 24.9 Å². The summed E-state index contributed by atoms with van der Waals surface area (Å²) in [5.41, 5.74) is -0.0205. The molecule has 0 spiro atoms. The van der Waals surface area contributed by atoms with Crippen molar-refractivity contribution in [3.63, 3.8) is 0 Å². The predicted octanol–water partition coefficient (Wildman–Crippen LogP) is 2.19. The lowest BCUT2D eigenvalue weighted by molar-refractivity contribution is 0.370. The molecule has 3 nitrogen and oxygen atoms in total. The number of halogens is 3. The molecule has 7 heteroatoms. The van der Waals surface area contributed by atoms with Crippen LogP contribution in [-0.2, 0) is 9.84 Å². The molecular formula is C13H16F3NO2S. The highest BCUT2D eigenvalue weighted by Crippen LogP contribution is 2.33. The van der Waals surface area contributed by atoms with Crippen LogP contribution in [-0.4, -0.2) is 26.5 Å².